The molecule has 0 radical (unpaired) electrons. The molecule has 0 aliphatic heterocycles. The fraction of sp³-hybridized carbons (Fsp3) is 0.364. The molecule has 2 N–H and O–H groups in total. The van der Waals surface area contributed by atoms with Crippen LogP contribution < -0.4 is 10.6 Å². The van der Waals surface area contributed by atoms with E-state index in [2.05, 4.69) is 10.6 Å². The first-order valence-electron chi connectivity index (χ1n) is 4.98. The minimum absolute atomic E-state index is 0.0652. The van der Waals surface area contributed by atoms with Crippen LogP contribution in [0.5, 0.6) is 0 Å². The second-order valence-electron chi connectivity index (χ2n) is 3.12. The summed E-state index contributed by atoms with van der Waals surface area (Å²) in [7, 11) is 0. The molecule has 1 aromatic rings. The fourth-order valence-electron chi connectivity index (χ4n) is 1.14. The third-order valence-electron chi connectivity index (χ3n) is 1.94. The standard InChI is InChI=1S/C11H15ClN2O/c1-2-13-7-8-14-11(15)9-3-5-10(12)6-4-9/h3-6,13H,2,7-8H2,1H3,(H,14,15). The summed E-state index contributed by atoms with van der Waals surface area (Å²) in [5.74, 6) is -0.0652. The van der Waals surface area contributed by atoms with Crippen molar-refractivity contribution in [1.82, 2.24) is 10.6 Å². The zero-order valence-electron chi connectivity index (χ0n) is 8.72. The van der Waals surface area contributed by atoms with Gasteiger partial charge in [0.1, 0.15) is 0 Å². The van der Waals surface area contributed by atoms with Crippen molar-refractivity contribution in [2.75, 3.05) is 19.6 Å². The first-order valence-corrected chi connectivity index (χ1v) is 5.36. The summed E-state index contributed by atoms with van der Waals surface area (Å²) in [6.07, 6.45) is 0. The van der Waals surface area contributed by atoms with Crippen LogP contribution in [-0.4, -0.2) is 25.5 Å². The quantitative estimate of drug-likeness (QED) is 0.751. The second-order valence-corrected chi connectivity index (χ2v) is 3.55. The maximum Gasteiger partial charge on any atom is 0.251 e. The summed E-state index contributed by atoms with van der Waals surface area (Å²) in [5.41, 5.74) is 0.635. The summed E-state index contributed by atoms with van der Waals surface area (Å²) in [5, 5.41) is 6.58. The SMILES string of the molecule is CCNCCNC(=O)c1ccc(Cl)cc1. The molecule has 0 unspecified atom stereocenters. The van der Waals surface area contributed by atoms with E-state index >= 15 is 0 Å². The van der Waals surface area contributed by atoms with Gasteiger partial charge in [0.2, 0.25) is 0 Å². The highest BCUT2D eigenvalue weighted by molar-refractivity contribution is 6.30. The summed E-state index contributed by atoms with van der Waals surface area (Å²) >= 11 is 5.72. The van der Waals surface area contributed by atoms with Crippen molar-refractivity contribution in [1.29, 1.82) is 0 Å². The van der Waals surface area contributed by atoms with E-state index in [-0.39, 0.29) is 5.91 Å². The average molecular weight is 227 g/mol. The summed E-state index contributed by atoms with van der Waals surface area (Å²) in [6.45, 7) is 4.36. The molecule has 3 nitrogen and oxygen atoms in total. The maximum atomic E-state index is 11.5. The highest BCUT2D eigenvalue weighted by Crippen LogP contribution is 2.08. The number of carbonyl (C=O) groups is 1. The van der Waals surface area contributed by atoms with Crippen LogP contribution in [0.25, 0.3) is 0 Å². The maximum absolute atomic E-state index is 11.5. The lowest BCUT2D eigenvalue weighted by Gasteiger charge is -2.05. The van der Waals surface area contributed by atoms with Gasteiger partial charge in [-0.3, -0.25) is 4.79 Å². The number of hydrogen-bond donors (Lipinski definition) is 2. The Kier molecular flexibility index (Phi) is 5.15. The Morgan fingerprint density at radius 3 is 2.53 bits per heavy atom. The van der Waals surface area contributed by atoms with Crippen molar-refractivity contribution >= 4 is 17.5 Å². The third-order valence-corrected chi connectivity index (χ3v) is 2.20. The van der Waals surface area contributed by atoms with Gasteiger partial charge in [-0.15, -0.1) is 0 Å². The van der Waals surface area contributed by atoms with E-state index in [1.807, 2.05) is 6.92 Å². The van der Waals surface area contributed by atoms with Gasteiger partial charge in [-0.25, -0.2) is 0 Å². The van der Waals surface area contributed by atoms with Crippen molar-refractivity contribution in [3.8, 4) is 0 Å². The van der Waals surface area contributed by atoms with Gasteiger partial charge in [-0.05, 0) is 30.8 Å². The van der Waals surface area contributed by atoms with Crippen molar-refractivity contribution in [2.45, 2.75) is 6.92 Å². The van der Waals surface area contributed by atoms with Crippen molar-refractivity contribution in [3.05, 3.63) is 34.9 Å². The molecule has 4 heteroatoms. The lowest BCUT2D eigenvalue weighted by molar-refractivity contribution is 0.0954. The van der Waals surface area contributed by atoms with Crippen LogP contribution in [0.4, 0.5) is 0 Å². The predicted octanol–water partition coefficient (Wildman–Crippen LogP) is 1.68. The van der Waals surface area contributed by atoms with E-state index in [0.717, 1.165) is 13.1 Å². The molecule has 0 spiro atoms. The smallest absolute Gasteiger partial charge is 0.251 e. The molecule has 1 amide bonds. The molecule has 1 rings (SSSR count). The van der Waals surface area contributed by atoms with E-state index in [1.165, 1.54) is 0 Å². The highest BCUT2D eigenvalue weighted by Gasteiger charge is 2.03. The average Bonchev–Trinajstić information content (AvgIpc) is 2.25. The number of likely N-dealkylation sites (N-methyl/N-ethyl adjacent to an activating group) is 1. The minimum atomic E-state index is -0.0652. The van der Waals surface area contributed by atoms with Gasteiger partial charge in [-0.1, -0.05) is 18.5 Å². The van der Waals surface area contributed by atoms with Gasteiger partial charge >= 0.3 is 0 Å². The van der Waals surface area contributed by atoms with Crippen LogP contribution in [0.15, 0.2) is 24.3 Å². The van der Waals surface area contributed by atoms with Crippen molar-refractivity contribution in [2.24, 2.45) is 0 Å². The Balaban J connectivity index is 2.37. The second kappa shape index (κ2) is 6.43. The van der Waals surface area contributed by atoms with Crippen LogP contribution in [0, 0.1) is 0 Å². The number of rotatable bonds is 5. The van der Waals surface area contributed by atoms with Crippen LogP contribution in [0.2, 0.25) is 5.02 Å². The summed E-state index contributed by atoms with van der Waals surface area (Å²) in [4.78, 5) is 11.5. The molecule has 0 aliphatic rings. The molecule has 15 heavy (non-hydrogen) atoms. The first-order chi connectivity index (χ1) is 7.24. The molecule has 0 bridgehead atoms. The lowest BCUT2D eigenvalue weighted by atomic mass is 10.2. The van der Waals surface area contributed by atoms with Crippen molar-refractivity contribution < 1.29 is 4.79 Å². The van der Waals surface area contributed by atoms with Crippen LogP contribution >= 0.6 is 11.6 Å². The molecule has 0 heterocycles. The normalized spacial score (nSPS) is 10.0. The number of amides is 1. The van der Waals surface area contributed by atoms with Crippen LogP contribution in [0.3, 0.4) is 0 Å². The predicted molar refractivity (Wildman–Crippen MR) is 62.3 cm³/mol. The number of hydrogen-bond acceptors (Lipinski definition) is 2. The number of nitrogens with one attached hydrogen (secondary N) is 2. The Hall–Kier alpha value is -1.06. The summed E-state index contributed by atoms with van der Waals surface area (Å²) < 4.78 is 0. The molecular weight excluding hydrogens is 212 g/mol. The fourth-order valence-corrected chi connectivity index (χ4v) is 1.27. The number of carbonyl (C=O) groups excluding carboxylic acids is 1. The zero-order chi connectivity index (χ0) is 11.1. The Morgan fingerprint density at radius 2 is 1.93 bits per heavy atom. The van der Waals surface area contributed by atoms with E-state index < -0.39 is 0 Å². The largest absolute Gasteiger partial charge is 0.351 e. The van der Waals surface area contributed by atoms with Crippen molar-refractivity contribution in [3.63, 3.8) is 0 Å². The van der Waals surface area contributed by atoms with E-state index in [4.69, 9.17) is 11.6 Å². The molecule has 82 valence electrons. The lowest BCUT2D eigenvalue weighted by Crippen LogP contribution is -2.31. The van der Waals surface area contributed by atoms with Gasteiger partial charge in [0, 0.05) is 23.7 Å². The Bertz CT molecular complexity index is 311. The minimum Gasteiger partial charge on any atom is -0.351 e. The van der Waals surface area contributed by atoms with Gasteiger partial charge < -0.3 is 10.6 Å². The monoisotopic (exact) mass is 226 g/mol. The van der Waals surface area contributed by atoms with E-state index in [0.29, 0.717) is 17.1 Å². The third kappa shape index (κ3) is 4.32. The molecule has 0 aliphatic carbocycles. The zero-order valence-corrected chi connectivity index (χ0v) is 9.47. The van der Waals surface area contributed by atoms with Gasteiger partial charge in [0.05, 0.1) is 0 Å². The highest BCUT2D eigenvalue weighted by atomic mass is 35.5. The van der Waals surface area contributed by atoms with Gasteiger partial charge in [0.25, 0.3) is 5.91 Å². The number of halogens is 1. The van der Waals surface area contributed by atoms with Gasteiger partial charge in [0.15, 0.2) is 0 Å². The van der Waals surface area contributed by atoms with E-state index in [9.17, 15) is 4.79 Å². The Labute approximate surface area is 94.8 Å². The first kappa shape index (κ1) is 12.0. The topological polar surface area (TPSA) is 41.1 Å². The molecule has 1 aromatic carbocycles. The van der Waals surface area contributed by atoms with E-state index in [1.54, 1.807) is 24.3 Å². The van der Waals surface area contributed by atoms with Gasteiger partial charge in [-0.2, -0.15) is 0 Å². The molecule has 0 atom stereocenters. The molecule has 0 saturated heterocycles. The van der Waals surface area contributed by atoms with Crippen LogP contribution in [-0.2, 0) is 0 Å². The number of benzene rings is 1. The Morgan fingerprint density at radius 1 is 1.27 bits per heavy atom. The molecule has 0 fully saturated rings. The molecule has 0 saturated carbocycles. The summed E-state index contributed by atoms with van der Waals surface area (Å²) in [6, 6.07) is 6.84. The molecule has 0 aromatic heterocycles. The van der Waals surface area contributed by atoms with Crippen LogP contribution in [0.1, 0.15) is 17.3 Å². The molecular formula is C11H15ClN2O.